The standard InChI is InChI=1S/C6H8NO3P/c1-5-2-3-7-6(4-5)11(8,9)10/h2-4H,1H3,(H2,8,9,10). The summed E-state index contributed by atoms with van der Waals surface area (Å²) in [6.45, 7) is 1.75. The fourth-order valence-electron chi connectivity index (χ4n) is 0.680. The first-order valence-corrected chi connectivity index (χ1v) is 4.60. The van der Waals surface area contributed by atoms with Crippen molar-refractivity contribution in [1.82, 2.24) is 4.98 Å². The summed E-state index contributed by atoms with van der Waals surface area (Å²) in [6, 6.07) is 3.06. The first-order chi connectivity index (χ1) is 5.00. The van der Waals surface area contributed by atoms with E-state index in [1.165, 1.54) is 12.3 Å². The van der Waals surface area contributed by atoms with Crippen molar-refractivity contribution in [3.63, 3.8) is 0 Å². The molecule has 0 aromatic carbocycles. The highest BCUT2D eigenvalue weighted by atomic mass is 31.2. The lowest BCUT2D eigenvalue weighted by Gasteiger charge is -2.01. The monoisotopic (exact) mass is 173 g/mol. The molecule has 0 saturated heterocycles. The Hall–Kier alpha value is -0.700. The maximum absolute atomic E-state index is 10.6. The van der Waals surface area contributed by atoms with Crippen molar-refractivity contribution in [2.75, 3.05) is 0 Å². The van der Waals surface area contributed by atoms with Crippen LogP contribution in [0, 0.1) is 6.92 Å². The van der Waals surface area contributed by atoms with Crippen LogP contribution < -0.4 is 5.44 Å². The van der Waals surface area contributed by atoms with Crippen LogP contribution in [0.5, 0.6) is 0 Å². The zero-order valence-electron chi connectivity index (χ0n) is 5.93. The average Bonchev–Trinajstić information content (AvgIpc) is 1.86. The topological polar surface area (TPSA) is 70.4 Å². The minimum absolute atomic E-state index is 0.169. The highest BCUT2D eigenvalue weighted by molar-refractivity contribution is 7.60. The molecule has 0 aliphatic carbocycles. The number of aromatic nitrogens is 1. The predicted molar refractivity (Wildman–Crippen MR) is 40.7 cm³/mol. The van der Waals surface area contributed by atoms with Gasteiger partial charge in [0.2, 0.25) is 0 Å². The molecule has 0 aliphatic rings. The molecule has 1 aromatic rings. The zero-order chi connectivity index (χ0) is 8.48. The van der Waals surface area contributed by atoms with Crippen LogP contribution in [0.1, 0.15) is 5.56 Å². The van der Waals surface area contributed by atoms with Crippen LogP contribution in [0.15, 0.2) is 18.3 Å². The number of nitrogens with zero attached hydrogens (tertiary/aromatic N) is 1. The smallest absolute Gasteiger partial charge is 0.320 e. The van der Waals surface area contributed by atoms with Gasteiger partial charge in [0.05, 0.1) is 0 Å². The SMILES string of the molecule is Cc1ccnc(P(=O)(O)O)c1. The molecule has 0 unspecified atom stereocenters. The fraction of sp³-hybridized carbons (Fsp3) is 0.167. The van der Waals surface area contributed by atoms with Crippen molar-refractivity contribution in [1.29, 1.82) is 0 Å². The summed E-state index contributed by atoms with van der Waals surface area (Å²) < 4.78 is 10.6. The number of hydrogen-bond donors (Lipinski definition) is 2. The van der Waals surface area contributed by atoms with E-state index in [0.29, 0.717) is 0 Å². The third-order valence-electron chi connectivity index (χ3n) is 1.20. The second kappa shape index (κ2) is 2.74. The molecule has 0 radical (unpaired) electrons. The fourth-order valence-corrected chi connectivity index (χ4v) is 1.27. The number of pyridine rings is 1. The van der Waals surface area contributed by atoms with E-state index >= 15 is 0 Å². The molecule has 1 heterocycles. The summed E-state index contributed by atoms with van der Waals surface area (Å²) in [4.78, 5) is 20.9. The van der Waals surface area contributed by atoms with Crippen molar-refractivity contribution in [2.24, 2.45) is 0 Å². The van der Waals surface area contributed by atoms with Gasteiger partial charge >= 0.3 is 7.60 Å². The minimum Gasteiger partial charge on any atom is -0.320 e. The summed E-state index contributed by atoms with van der Waals surface area (Å²) in [7, 11) is -4.16. The van der Waals surface area contributed by atoms with E-state index in [2.05, 4.69) is 4.98 Å². The van der Waals surface area contributed by atoms with E-state index in [0.717, 1.165) is 5.56 Å². The predicted octanol–water partition coefficient (Wildman–Crippen LogP) is 0.193. The molecular weight excluding hydrogens is 165 g/mol. The van der Waals surface area contributed by atoms with E-state index in [-0.39, 0.29) is 5.44 Å². The normalized spacial score (nSPS) is 11.5. The highest BCUT2D eigenvalue weighted by Crippen LogP contribution is 2.31. The minimum atomic E-state index is -4.16. The molecule has 0 spiro atoms. The second-order valence-electron chi connectivity index (χ2n) is 2.24. The summed E-state index contributed by atoms with van der Waals surface area (Å²) in [5.41, 5.74) is 0.621. The molecule has 0 saturated carbocycles. The van der Waals surface area contributed by atoms with Crippen LogP contribution >= 0.6 is 7.60 Å². The van der Waals surface area contributed by atoms with Crippen LogP contribution in [0.25, 0.3) is 0 Å². The van der Waals surface area contributed by atoms with Crippen LogP contribution in [-0.2, 0) is 4.57 Å². The summed E-state index contributed by atoms with van der Waals surface area (Å²) in [6.07, 6.45) is 1.38. The largest absolute Gasteiger partial charge is 0.374 e. The Balaban J connectivity index is 3.17. The molecule has 0 atom stereocenters. The average molecular weight is 173 g/mol. The summed E-state index contributed by atoms with van der Waals surface area (Å²) in [5, 5.41) is 0. The number of aryl methyl sites for hydroxylation is 1. The van der Waals surface area contributed by atoms with Gasteiger partial charge < -0.3 is 9.79 Å². The van der Waals surface area contributed by atoms with Crippen molar-refractivity contribution in [3.8, 4) is 0 Å². The van der Waals surface area contributed by atoms with Gasteiger partial charge in [-0.1, -0.05) is 0 Å². The molecule has 1 aromatic heterocycles. The van der Waals surface area contributed by atoms with Crippen LogP contribution in [0.4, 0.5) is 0 Å². The second-order valence-corrected chi connectivity index (χ2v) is 3.78. The van der Waals surface area contributed by atoms with Gasteiger partial charge in [-0.3, -0.25) is 4.57 Å². The molecular formula is C6H8NO3P. The molecule has 1 rings (SSSR count). The third-order valence-corrected chi connectivity index (χ3v) is 2.04. The first kappa shape index (κ1) is 8.40. The van der Waals surface area contributed by atoms with Crippen molar-refractivity contribution in [2.45, 2.75) is 6.92 Å². The molecule has 11 heavy (non-hydrogen) atoms. The van der Waals surface area contributed by atoms with Gasteiger partial charge in [-0.15, -0.1) is 0 Å². The van der Waals surface area contributed by atoms with E-state index in [9.17, 15) is 4.57 Å². The van der Waals surface area contributed by atoms with E-state index in [1.54, 1.807) is 13.0 Å². The molecule has 5 heteroatoms. The van der Waals surface area contributed by atoms with Gasteiger partial charge in [0, 0.05) is 6.20 Å². The van der Waals surface area contributed by atoms with E-state index < -0.39 is 7.60 Å². The lowest BCUT2D eigenvalue weighted by Crippen LogP contribution is -2.08. The Labute approximate surface area is 64.1 Å². The Morgan fingerprint density at radius 3 is 2.55 bits per heavy atom. The Kier molecular flexibility index (Phi) is 2.09. The van der Waals surface area contributed by atoms with Crippen molar-refractivity contribution < 1.29 is 14.4 Å². The molecule has 0 bridgehead atoms. The lowest BCUT2D eigenvalue weighted by atomic mass is 10.3. The van der Waals surface area contributed by atoms with Gasteiger partial charge in [0.25, 0.3) is 0 Å². The van der Waals surface area contributed by atoms with Gasteiger partial charge in [-0.25, -0.2) is 4.98 Å². The maximum Gasteiger partial charge on any atom is 0.374 e. The van der Waals surface area contributed by atoms with Crippen molar-refractivity contribution in [3.05, 3.63) is 23.9 Å². The van der Waals surface area contributed by atoms with Gasteiger partial charge in [0.15, 0.2) is 5.44 Å². The van der Waals surface area contributed by atoms with Crippen LogP contribution in [0.3, 0.4) is 0 Å². The molecule has 0 fully saturated rings. The lowest BCUT2D eigenvalue weighted by molar-refractivity contribution is 0.386. The zero-order valence-corrected chi connectivity index (χ0v) is 6.82. The Bertz CT molecular complexity index is 306. The first-order valence-electron chi connectivity index (χ1n) is 2.99. The Morgan fingerprint density at radius 2 is 2.18 bits per heavy atom. The number of hydrogen-bond acceptors (Lipinski definition) is 2. The molecule has 2 N–H and O–H groups in total. The molecule has 0 aliphatic heterocycles. The highest BCUT2D eigenvalue weighted by Gasteiger charge is 2.17. The molecule has 0 amide bonds. The van der Waals surface area contributed by atoms with Crippen LogP contribution in [0.2, 0.25) is 0 Å². The van der Waals surface area contributed by atoms with Crippen molar-refractivity contribution >= 4 is 13.0 Å². The summed E-state index contributed by atoms with van der Waals surface area (Å²) in [5.74, 6) is 0. The quantitative estimate of drug-likeness (QED) is 0.595. The molecule has 4 nitrogen and oxygen atoms in total. The van der Waals surface area contributed by atoms with Crippen LogP contribution in [-0.4, -0.2) is 14.8 Å². The number of rotatable bonds is 1. The van der Waals surface area contributed by atoms with Gasteiger partial charge in [-0.2, -0.15) is 0 Å². The van der Waals surface area contributed by atoms with Gasteiger partial charge in [0.1, 0.15) is 0 Å². The third kappa shape index (κ3) is 2.12. The summed E-state index contributed by atoms with van der Waals surface area (Å²) >= 11 is 0. The molecule has 60 valence electrons. The maximum atomic E-state index is 10.6. The van der Waals surface area contributed by atoms with E-state index in [1.807, 2.05) is 0 Å². The van der Waals surface area contributed by atoms with Gasteiger partial charge in [-0.05, 0) is 24.6 Å². The van der Waals surface area contributed by atoms with E-state index in [4.69, 9.17) is 9.79 Å². The Morgan fingerprint density at radius 1 is 1.55 bits per heavy atom.